The zero-order chi connectivity index (χ0) is 13.0. The molecule has 1 atom stereocenters. The smallest absolute Gasteiger partial charge is 0.315 e. The highest BCUT2D eigenvalue weighted by Crippen LogP contribution is 2.29. The van der Waals surface area contributed by atoms with E-state index < -0.39 is 12.3 Å². The Labute approximate surface area is 107 Å². The van der Waals surface area contributed by atoms with E-state index in [1.54, 1.807) is 0 Å². The molecule has 0 saturated carbocycles. The first kappa shape index (κ1) is 13.7. The van der Waals surface area contributed by atoms with E-state index in [9.17, 15) is 13.6 Å². The molecule has 2 fully saturated rings. The van der Waals surface area contributed by atoms with E-state index in [-0.39, 0.29) is 6.04 Å². The summed E-state index contributed by atoms with van der Waals surface area (Å²) in [7, 11) is 0. The van der Waals surface area contributed by atoms with Gasteiger partial charge in [0.15, 0.2) is 0 Å². The van der Waals surface area contributed by atoms with Gasteiger partial charge < -0.3 is 10.2 Å². The number of hydrogen-bond donors (Lipinski definition) is 1. The molecule has 0 aromatic rings. The van der Waals surface area contributed by atoms with Crippen LogP contribution in [0.4, 0.5) is 8.78 Å². The topological polar surface area (TPSA) is 32.3 Å². The Morgan fingerprint density at radius 1 is 1.11 bits per heavy atom. The Bertz CT molecular complexity index is 280. The number of halogens is 2. The van der Waals surface area contributed by atoms with Crippen molar-refractivity contribution in [3.05, 3.63) is 0 Å². The minimum atomic E-state index is -2.85. The average Bonchev–Trinajstić information content (AvgIpc) is 2.64. The number of piperidine rings is 1. The number of carbonyl (C=O) groups is 1. The molecular formula is C13H22F2N2O. The molecule has 0 radical (unpaired) electrons. The van der Waals surface area contributed by atoms with Crippen molar-refractivity contribution in [3.8, 4) is 0 Å². The first-order valence-electron chi connectivity index (χ1n) is 6.99. The van der Waals surface area contributed by atoms with Crippen LogP contribution in [0, 0.1) is 5.92 Å². The molecule has 0 aliphatic carbocycles. The van der Waals surface area contributed by atoms with Crippen LogP contribution in [0.25, 0.3) is 0 Å². The van der Waals surface area contributed by atoms with Crippen LogP contribution in [-0.2, 0) is 4.79 Å². The summed E-state index contributed by atoms with van der Waals surface area (Å²) < 4.78 is 25.4. The Hall–Kier alpha value is -0.710. The summed E-state index contributed by atoms with van der Waals surface area (Å²) in [4.78, 5) is 13.1. The number of amides is 1. The zero-order valence-electron chi connectivity index (χ0n) is 10.7. The van der Waals surface area contributed by atoms with E-state index in [0.29, 0.717) is 12.5 Å². The molecule has 0 spiro atoms. The molecule has 1 amide bonds. The van der Waals surface area contributed by atoms with Gasteiger partial charge in [-0.3, -0.25) is 4.79 Å². The number of alkyl halides is 2. The largest absolute Gasteiger partial charge is 0.334 e. The van der Waals surface area contributed by atoms with Gasteiger partial charge in [0.2, 0.25) is 0 Å². The Kier molecular flexibility index (Phi) is 4.92. The van der Waals surface area contributed by atoms with Crippen molar-refractivity contribution in [2.24, 2.45) is 5.92 Å². The summed E-state index contributed by atoms with van der Waals surface area (Å²) in [5.74, 6) is -0.563. The number of likely N-dealkylation sites (tertiary alicyclic amines) is 1. The van der Waals surface area contributed by atoms with Gasteiger partial charge in [0.1, 0.15) is 0 Å². The van der Waals surface area contributed by atoms with Crippen molar-refractivity contribution in [1.29, 1.82) is 0 Å². The monoisotopic (exact) mass is 260 g/mol. The van der Waals surface area contributed by atoms with Gasteiger partial charge in [-0.2, -0.15) is 8.78 Å². The second kappa shape index (κ2) is 6.45. The van der Waals surface area contributed by atoms with Gasteiger partial charge in [-0.25, -0.2) is 0 Å². The molecule has 2 saturated heterocycles. The van der Waals surface area contributed by atoms with Crippen molar-refractivity contribution in [1.82, 2.24) is 10.2 Å². The quantitative estimate of drug-likeness (QED) is 0.824. The van der Waals surface area contributed by atoms with Gasteiger partial charge in [-0.05, 0) is 44.7 Å². The molecular weight excluding hydrogens is 238 g/mol. The molecule has 5 heteroatoms. The van der Waals surface area contributed by atoms with Crippen LogP contribution < -0.4 is 5.32 Å². The molecule has 1 N–H and O–H groups in total. The lowest BCUT2D eigenvalue weighted by atomic mass is 9.87. The highest BCUT2D eigenvalue weighted by molar-refractivity contribution is 5.79. The fourth-order valence-corrected chi connectivity index (χ4v) is 3.25. The van der Waals surface area contributed by atoms with Crippen molar-refractivity contribution in [2.75, 3.05) is 19.6 Å². The standard InChI is InChI=1S/C13H22F2N2O/c14-12(15)13(18)17-9-3-1-2-4-11(17)10-5-7-16-8-6-10/h10-12,16H,1-9H2. The molecule has 0 aromatic heterocycles. The molecule has 2 rings (SSSR count). The number of rotatable bonds is 2. The summed E-state index contributed by atoms with van der Waals surface area (Å²) in [5.41, 5.74) is 0. The third kappa shape index (κ3) is 3.19. The fraction of sp³-hybridized carbons (Fsp3) is 0.923. The summed E-state index contributed by atoms with van der Waals surface area (Å²) in [6.07, 6.45) is 3.00. The van der Waals surface area contributed by atoms with Crippen molar-refractivity contribution < 1.29 is 13.6 Å². The van der Waals surface area contributed by atoms with Crippen molar-refractivity contribution in [3.63, 3.8) is 0 Å². The summed E-state index contributed by atoms with van der Waals surface area (Å²) in [6, 6.07) is 0.0381. The van der Waals surface area contributed by atoms with Gasteiger partial charge in [-0.15, -0.1) is 0 Å². The van der Waals surface area contributed by atoms with Crippen LogP contribution in [0.2, 0.25) is 0 Å². The predicted octanol–water partition coefficient (Wildman–Crippen LogP) is 2.02. The van der Waals surface area contributed by atoms with Gasteiger partial charge in [0, 0.05) is 12.6 Å². The third-order valence-corrected chi connectivity index (χ3v) is 4.20. The Morgan fingerprint density at radius 2 is 1.83 bits per heavy atom. The average molecular weight is 260 g/mol. The molecule has 3 nitrogen and oxygen atoms in total. The SMILES string of the molecule is O=C(C(F)F)N1CCCCCC1C1CCNCC1. The van der Waals surface area contributed by atoms with Crippen molar-refractivity contribution >= 4 is 5.91 Å². The normalized spacial score (nSPS) is 27.3. The maximum absolute atomic E-state index is 12.7. The minimum Gasteiger partial charge on any atom is -0.334 e. The van der Waals surface area contributed by atoms with E-state index in [0.717, 1.165) is 51.6 Å². The lowest BCUT2D eigenvalue weighted by Gasteiger charge is -2.37. The van der Waals surface area contributed by atoms with E-state index >= 15 is 0 Å². The van der Waals surface area contributed by atoms with E-state index in [2.05, 4.69) is 5.32 Å². The van der Waals surface area contributed by atoms with Gasteiger partial charge in [0.05, 0.1) is 0 Å². The van der Waals surface area contributed by atoms with E-state index in [1.807, 2.05) is 0 Å². The second-order valence-corrected chi connectivity index (χ2v) is 5.34. The van der Waals surface area contributed by atoms with Gasteiger partial charge >= 0.3 is 6.43 Å². The van der Waals surface area contributed by atoms with Crippen LogP contribution in [0.5, 0.6) is 0 Å². The van der Waals surface area contributed by atoms with Crippen molar-refractivity contribution in [2.45, 2.75) is 51.0 Å². The number of nitrogens with zero attached hydrogens (tertiary/aromatic N) is 1. The van der Waals surface area contributed by atoms with Crippen LogP contribution in [0.3, 0.4) is 0 Å². The number of hydrogen-bond acceptors (Lipinski definition) is 2. The highest BCUT2D eigenvalue weighted by atomic mass is 19.3. The summed E-state index contributed by atoms with van der Waals surface area (Å²) in [6.45, 7) is 2.40. The summed E-state index contributed by atoms with van der Waals surface area (Å²) in [5, 5.41) is 3.28. The molecule has 18 heavy (non-hydrogen) atoms. The fourth-order valence-electron chi connectivity index (χ4n) is 3.25. The van der Waals surface area contributed by atoms with E-state index in [4.69, 9.17) is 0 Å². The number of nitrogens with one attached hydrogen (secondary N) is 1. The van der Waals surface area contributed by atoms with E-state index in [1.165, 1.54) is 4.90 Å². The first-order valence-corrected chi connectivity index (χ1v) is 6.99. The maximum Gasteiger partial charge on any atom is 0.315 e. The third-order valence-electron chi connectivity index (χ3n) is 4.20. The molecule has 0 aromatic carbocycles. The molecule has 2 aliphatic rings. The second-order valence-electron chi connectivity index (χ2n) is 5.34. The first-order chi connectivity index (χ1) is 8.70. The Balaban J connectivity index is 2.07. The molecule has 0 bridgehead atoms. The van der Waals surface area contributed by atoms with Gasteiger partial charge in [-0.1, -0.05) is 12.8 Å². The lowest BCUT2D eigenvalue weighted by Crippen LogP contribution is -2.49. The van der Waals surface area contributed by atoms with Crippen LogP contribution in [0.1, 0.15) is 38.5 Å². The van der Waals surface area contributed by atoms with Crippen LogP contribution in [0.15, 0.2) is 0 Å². The highest BCUT2D eigenvalue weighted by Gasteiger charge is 2.35. The molecule has 1 unspecified atom stereocenters. The van der Waals surface area contributed by atoms with Crippen LogP contribution in [-0.4, -0.2) is 42.9 Å². The zero-order valence-corrected chi connectivity index (χ0v) is 10.7. The lowest BCUT2D eigenvalue weighted by molar-refractivity contribution is -0.146. The summed E-state index contributed by atoms with van der Waals surface area (Å²) >= 11 is 0. The minimum absolute atomic E-state index is 0.0381. The maximum atomic E-state index is 12.7. The van der Waals surface area contributed by atoms with Crippen LogP contribution >= 0.6 is 0 Å². The predicted molar refractivity (Wildman–Crippen MR) is 65.6 cm³/mol. The van der Waals surface area contributed by atoms with Gasteiger partial charge in [0.25, 0.3) is 5.91 Å². The Morgan fingerprint density at radius 3 is 2.50 bits per heavy atom. The molecule has 2 heterocycles. The number of carbonyl (C=O) groups excluding carboxylic acids is 1. The molecule has 2 aliphatic heterocycles. The molecule has 104 valence electrons.